The van der Waals surface area contributed by atoms with Gasteiger partial charge < -0.3 is 4.57 Å². The lowest BCUT2D eigenvalue weighted by Gasteiger charge is -2.26. The van der Waals surface area contributed by atoms with Crippen molar-refractivity contribution < 1.29 is 21.6 Å². The molecule has 6 nitrogen and oxygen atoms in total. The summed E-state index contributed by atoms with van der Waals surface area (Å²) in [5.74, 6) is -1.36. The van der Waals surface area contributed by atoms with E-state index in [4.69, 9.17) is 0 Å². The largest absolute Gasteiger partial charge is 0.451 e. The normalized spacial score (nSPS) is 17.2. The van der Waals surface area contributed by atoms with Crippen LogP contribution in [0.15, 0.2) is 12.7 Å². The summed E-state index contributed by atoms with van der Waals surface area (Å²) in [5.41, 5.74) is 0. The quantitative estimate of drug-likeness (QED) is 0.767. The Morgan fingerprint density at radius 2 is 2.00 bits per heavy atom. The second-order valence-corrected chi connectivity index (χ2v) is 6.00. The van der Waals surface area contributed by atoms with Crippen molar-refractivity contribution in [3.63, 3.8) is 0 Å². The van der Waals surface area contributed by atoms with Gasteiger partial charge in [0.2, 0.25) is 15.8 Å². The standard InChI is InChI=1S/C9H11F3N4O2S/c1-2-5-19(17,18)15-3-4-16-7(6-15)13-14-8(16)9(10,11)12/h2H,1,3-6H2. The van der Waals surface area contributed by atoms with Crippen LogP contribution in [-0.4, -0.2) is 39.8 Å². The van der Waals surface area contributed by atoms with Crippen LogP contribution in [0.5, 0.6) is 0 Å². The molecule has 0 fully saturated rings. The first-order chi connectivity index (χ1) is 8.75. The van der Waals surface area contributed by atoms with E-state index in [1.54, 1.807) is 0 Å². The Hall–Kier alpha value is -1.42. The van der Waals surface area contributed by atoms with Crippen LogP contribution in [0.3, 0.4) is 0 Å². The molecule has 0 aromatic carbocycles. The highest BCUT2D eigenvalue weighted by molar-refractivity contribution is 7.89. The van der Waals surface area contributed by atoms with Crippen molar-refractivity contribution in [2.24, 2.45) is 0 Å². The zero-order valence-electron chi connectivity index (χ0n) is 9.76. The van der Waals surface area contributed by atoms with Crippen molar-refractivity contribution in [3.05, 3.63) is 24.3 Å². The van der Waals surface area contributed by atoms with Gasteiger partial charge in [0.25, 0.3) is 0 Å². The number of rotatable bonds is 3. The van der Waals surface area contributed by atoms with Crippen LogP contribution in [0.2, 0.25) is 0 Å². The van der Waals surface area contributed by atoms with Crippen molar-refractivity contribution in [1.82, 2.24) is 19.1 Å². The summed E-state index contributed by atoms with van der Waals surface area (Å²) in [6, 6.07) is 0. The van der Waals surface area contributed by atoms with E-state index in [1.807, 2.05) is 0 Å². The van der Waals surface area contributed by atoms with E-state index in [0.717, 1.165) is 8.87 Å². The molecule has 19 heavy (non-hydrogen) atoms. The maximum atomic E-state index is 12.6. The fourth-order valence-corrected chi connectivity index (χ4v) is 3.02. The van der Waals surface area contributed by atoms with Gasteiger partial charge in [-0.25, -0.2) is 8.42 Å². The van der Waals surface area contributed by atoms with E-state index in [-0.39, 0.29) is 31.2 Å². The minimum atomic E-state index is -4.59. The first kappa shape index (κ1) is 14.0. The molecule has 0 amide bonds. The number of sulfonamides is 1. The average molecular weight is 296 g/mol. The Labute approximate surface area is 107 Å². The highest BCUT2D eigenvalue weighted by Crippen LogP contribution is 2.29. The van der Waals surface area contributed by atoms with Crippen molar-refractivity contribution >= 4 is 10.0 Å². The maximum absolute atomic E-state index is 12.6. The van der Waals surface area contributed by atoms with E-state index in [0.29, 0.717) is 0 Å². The summed E-state index contributed by atoms with van der Waals surface area (Å²) in [5, 5.41) is 6.49. The average Bonchev–Trinajstić information content (AvgIpc) is 2.70. The number of hydrogen-bond donors (Lipinski definition) is 0. The van der Waals surface area contributed by atoms with Gasteiger partial charge in [0.15, 0.2) is 0 Å². The van der Waals surface area contributed by atoms with Crippen LogP contribution in [0.25, 0.3) is 0 Å². The maximum Gasteiger partial charge on any atom is 0.451 e. The van der Waals surface area contributed by atoms with Crippen LogP contribution in [0.4, 0.5) is 13.2 Å². The number of alkyl halides is 3. The predicted molar refractivity (Wildman–Crippen MR) is 59.4 cm³/mol. The van der Waals surface area contributed by atoms with Gasteiger partial charge in [-0.3, -0.25) is 0 Å². The van der Waals surface area contributed by atoms with Crippen molar-refractivity contribution in [2.45, 2.75) is 19.3 Å². The van der Waals surface area contributed by atoms with Crippen LogP contribution >= 0.6 is 0 Å². The number of nitrogens with zero attached hydrogens (tertiary/aromatic N) is 4. The summed E-state index contributed by atoms with van der Waals surface area (Å²) in [6.07, 6.45) is -3.36. The summed E-state index contributed by atoms with van der Waals surface area (Å²) in [4.78, 5) is 0. The summed E-state index contributed by atoms with van der Waals surface area (Å²) in [7, 11) is -3.55. The molecule has 0 unspecified atom stereocenters. The number of halogens is 3. The van der Waals surface area contributed by atoms with Crippen LogP contribution < -0.4 is 0 Å². The molecular weight excluding hydrogens is 285 g/mol. The van der Waals surface area contributed by atoms with Gasteiger partial charge in [-0.2, -0.15) is 17.5 Å². The minimum Gasteiger partial charge on any atom is -0.305 e. The first-order valence-electron chi connectivity index (χ1n) is 5.33. The van der Waals surface area contributed by atoms with E-state index in [9.17, 15) is 21.6 Å². The van der Waals surface area contributed by atoms with Crippen molar-refractivity contribution in [1.29, 1.82) is 0 Å². The molecular formula is C9H11F3N4O2S. The van der Waals surface area contributed by atoms with Gasteiger partial charge in [-0.1, -0.05) is 6.08 Å². The lowest BCUT2D eigenvalue weighted by atomic mass is 10.4. The Bertz CT molecular complexity index is 593. The second kappa shape index (κ2) is 4.60. The molecule has 1 aliphatic heterocycles. The van der Waals surface area contributed by atoms with E-state index >= 15 is 0 Å². The smallest absolute Gasteiger partial charge is 0.305 e. The van der Waals surface area contributed by atoms with Gasteiger partial charge >= 0.3 is 6.18 Å². The third kappa shape index (κ3) is 2.63. The molecule has 0 saturated heterocycles. The van der Waals surface area contributed by atoms with E-state index in [2.05, 4.69) is 16.8 Å². The molecule has 2 heterocycles. The fraction of sp³-hybridized carbons (Fsp3) is 0.556. The minimum absolute atomic E-state index is 0.00814. The van der Waals surface area contributed by atoms with E-state index in [1.165, 1.54) is 6.08 Å². The molecule has 106 valence electrons. The molecule has 0 saturated carbocycles. The number of aromatic nitrogens is 3. The summed E-state index contributed by atoms with van der Waals surface area (Å²) < 4.78 is 63.3. The third-order valence-electron chi connectivity index (χ3n) is 2.69. The molecule has 1 aromatic rings. The monoisotopic (exact) mass is 296 g/mol. The predicted octanol–water partition coefficient (Wildman–Crippen LogP) is 0.628. The van der Waals surface area contributed by atoms with Gasteiger partial charge in [-0.15, -0.1) is 16.8 Å². The summed E-state index contributed by atoms with van der Waals surface area (Å²) >= 11 is 0. The lowest BCUT2D eigenvalue weighted by molar-refractivity contribution is -0.147. The topological polar surface area (TPSA) is 68.1 Å². The van der Waals surface area contributed by atoms with Crippen molar-refractivity contribution in [2.75, 3.05) is 12.3 Å². The number of hydrogen-bond acceptors (Lipinski definition) is 4. The van der Waals surface area contributed by atoms with Gasteiger partial charge in [0.05, 0.1) is 12.3 Å². The third-order valence-corrected chi connectivity index (χ3v) is 4.45. The molecule has 2 rings (SSSR count). The molecule has 10 heteroatoms. The SMILES string of the molecule is C=CCS(=O)(=O)N1CCn2c(nnc2C(F)(F)F)C1. The molecule has 0 atom stereocenters. The van der Waals surface area contributed by atoms with Crippen LogP contribution in [-0.2, 0) is 29.3 Å². The summed E-state index contributed by atoms with van der Waals surface area (Å²) in [6.45, 7) is 2.97. The Balaban J connectivity index is 2.28. The van der Waals surface area contributed by atoms with Crippen molar-refractivity contribution in [3.8, 4) is 0 Å². The van der Waals surface area contributed by atoms with E-state index < -0.39 is 22.0 Å². The highest BCUT2D eigenvalue weighted by Gasteiger charge is 2.40. The molecule has 0 radical (unpaired) electrons. The Kier molecular flexibility index (Phi) is 3.39. The van der Waals surface area contributed by atoms with Gasteiger partial charge in [-0.05, 0) is 0 Å². The Morgan fingerprint density at radius 1 is 1.32 bits per heavy atom. The first-order valence-corrected chi connectivity index (χ1v) is 6.94. The Morgan fingerprint density at radius 3 is 2.58 bits per heavy atom. The second-order valence-electron chi connectivity index (χ2n) is 3.99. The molecule has 0 N–H and O–H groups in total. The molecule has 0 spiro atoms. The molecule has 0 aliphatic carbocycles. The molecule has 1 aromatic heterocycles. The zero-order valence-corrected chi connectivity index (χ0v) is 10.6. The molecule has 1 aliphatic rings. The zero-order chi connectivity index (χ0) is 14.3. The molecule has 0 bridgehead atoms. The van der Waals surface area contributed by atoms with Gasteiger partial charge in [0.1, 0.15) is 5.82 Å². The van der Waals surface area contributed by atoms with Crippen LogP contribution in [0.1, 0.15) is 11.6 Å². The highest BCUT2D eigenvalue weighted by atomic mass is 32.2. The fourth-order valence-electron chi connectivity index (χ4n) is 1.84. The number of fused-ring (bicyclic) bond motifs is 1. The lowest BCUT2D eigenvalue weighted by Crippen LogP contribution is -2.40. The van der Waals surface area contributed by atoms with Crippen LogP contribution in [0, 0.1) is 0 Å². The van der Waals surface area contributed by atoms with Gasteiger partial charge in [0, 0.05) is 13.1 Å².